The Morgan fingerprint density at radius 1 is 0.968 bits per heavy atom. The maximum Gasteiger partial charge on any atom is 0.227 e. The summed E-state index contributed by atoms with van der Waals surface area (Å²) in [6.45, 7) is 3.07. The first-order chi connectivity index (χ1) is 15.0. The molecular formula is C24H25ClN2O4. The van der Waals surface area contributed by atoms with E-state index in [-0.39, 0.29) is 29.9 Å². The highest BCUT2D eigenvalue weighted by atomic mass is 35.5. The first-order valence-corrected chi connectivity index (χ1v) is 10.7. The highest BCUT2D eigenvalue weighted by Gasteiger charge is 2.27. The molecule has 162 valence electrons. The van der Waals surface area contributed by atoms with Gasteiger partial charge >= 0.3 is 0 Å². The van der Waals surface area contributed by atoms with Crippen molar-refractivity contribution in [2.45, 2.75) is 19.2 Å². The minimum atomic E-state index is -0.532. The fourth-order valence-electron chi connectivity index (χ4n) is 4.05. The Morgan fingerprint density at radius 3 is 2.26 bits per heavy atom. The maximum absolute atomic E-state index is 11.9. The molecule has 2 N–H and O–H groups in total. The summed E-state index contributed by atoms with van der Waals surface area (Å²) in [6, 6.07) is 19.6. The molecule has 0 saturated carbocycles. The largest absolute Gasteiger partial charge is 0.502 e. The number of aliphatic hydroxyl groups excluding tert-OH is 1. The van der Waals surface area contributed by atoms with Gasteiger partial charge in [0, 0.05) is 37.3 Å². The van der Waals surface area contributed by atoms with Gasteiger partial charge in [0.15, 0.2) is 5.76 Å². The third kappa shape index (κ3) is 4.99. The van der Waals surface area contributed by atoms with E-state index in [1.807, 2.05) is 30.3 Å². The van der Waals surface area contributed by atoms with Crippen LogP contribution in [-0.4, -0.2) is 46.2 Å². The van der Waals surface area contributed by atoms with Crippen molar-refractivity contribution in [1.82, 2.24) is 9.80 Å². The first-order valence-electron chi connectivity index (χ1n) is 10.3. The van der Waals surface area contributed by atoms with Crippen LogP contribution in [0, 0.1) is 0 Å². The lowest BCUT2D eigenvalue weighted by atomic mass is 9.96. The molecule has 0 spiro atoms. The van der Waals surface area contributed by atoms with Crippen LogP contribution in [0.4, 0.5) is 0 Å². The van der Waals surface area contributed by atoms with E-state index >= 15 is 0 Å². The van der Waals surface area contributed by atoms with Gasteiger partial charge in [-0.25, -0.2) is 0 Å². The predicted molar refractivity (Wildman–Crippen MR) is 119 cm³/mol. The molecule has 0 amide bonds. The lowest BCUT2D eigenvalue weighted by Gasteiger charge is -2.39. The van der Waals surface area contributed by atoms with E-state index in [4.69, 9.17) is 16.0 Å². The molecule has 1 fully saturated rings. The van der Waals surface area contributed by atoms with Crippen molar-refractivity contribution in [3.63, 3.8) is 0 Å². The number of nitrogens with zero attached hydrogens (tertiary/aromatic N) is 2. The van der Waals surface area contributed by atoms with Gasteiger partial charge in [0.05, 0.1) is 12.6 Å². The molecule has 1 atom stereocenters. The SMILES string of the molecule is O=c1cc(CO)oc(CN2CCN([C@H](c3ccccc3)c3ccc(Cl)cc3)CC2)c1O. The third-order valence-electron chi connectivity index (χ3n) is 5.64. The van der Waals surface area contributed by atoms with E-state index in [1.54, 1.807) is 0 Å². The molecule has 1 aliphatic rings. The van der Waals surface area contributed by atoms with Crippen LogP contribution in [0.1, 0.15) is 28.7 Å². The van der Waals surface area contributed by atoms with Crippen molar-refractivity contribution in [3.8, 4) is 5.75 Å². The van der Waals surface area contributed by atoms with Crippen molar-refractivity contribution in [2.24, 2.45) is 0 Å². The molecule has 2 heterocycles. The zero-order valence-electron chi connectivity index (χ0n) is 17.1. The van der Waals surface area contributed by atoms with Crippen molar-refractivity contribution < 1.29 is 14.6 Å². The minimum absolute atomic E-state index is 0.115. The van der Waals surface area contributed by atoms with E-state index < -0.39 is 5.43 Å². The molecule has 1 saturated heterocycles. The topological polar surface area (TPSA) is 77.2 Å². The van der Waals surface area contributed by atoms with Gasteiger partial charge < -0.3 is 14.6 Å². The van der Waals surface area contributed by atoms with E-state index in [0.717, 1.165) is 32.2 Å². The van der Waals surface area contributed by atoms with Crippen molar-refractivity contribution in [1.29, 1.82) is 0 Å². The second kappa shape index (κ2) is 9.66. The van der Waals surface area contributed by atoms with E-state index in [0.29, 0.717) is 11.6 Å². The van der Waals surface area contributed by atoms with Crippen molar-refractivity contribution in [2.75, 3.05) is 26.2 Å². The van der Waals surface area contributed by atoms with Gasteiger partial charge in [-0.1, -0.05) is 54.1 Å². The summed E-state index contributed by atoms with van der Waals surface area (Å²) >= 11 is 6.10. The van der Waals surface area contributed by atoms with Crippen molar-refractivity contribution in [3.05, 3.63) is 98.6 Å². The molecule has 0 unspecified atom stereocenters. The number of aromatic hydroxyl groups is 1. The second-order valence-corrected chi connectivity index (χ2v) is 8.12. The van der Waals surface area contributed by atoms with Gasteiger partial charge in [-0.05, 0) is 23.3 Å². The monoisotopic (exact) mass is 440 g/mol. The zero-order valence-corrected chi connectivity index (χ0v) is 17.8. The zero-order chi connectivity index (χ0) is 21.8. The van der Waals surface area contributed by atoms with Crippen LogP contribution in [-0.2, 0) is 13.2 Å². The van der Waals surface area contributed by atoms with Crippen LogP contribution < -0.4 is 5.43 Å². The van der Waals surface area contributed by atoms with E-state index in [9.17, 15) is 15.0 Å². The number of halogens is 1. The van der Waals surface area contributed by atoms with Gasteiger partial charge in [-0.2, -0.15) is 0 Å². The number of hydrogen-bond acceptors (Lipinski definition) is 6. The fourth-order valence-corrected chi connectivity index (χ4v) is 4.18. The molecule has 3 aromatic rings. The molecule has 7 heteroatoms. The molecule has 6 nitrogen and oxygen atoms in total. The highest BCUT2D eigenvalue weighted by Crippen LogP contribution is 2.30. The molecule has 2 aromatic carbocycles. The van der Waals surface area contributed by atoms with Gasteiger partial charge in [-0.3, -0.25) is 14.6 Å². The van der Waals surface area contributed by atoms with Crippen LogP contribution >= 0.6 is 11.6 Å². The van der Waals surface area contributed by atoms with E-state index in [2.05, 4.69) is 34.1 Å². The predicted octanol–water partition coefficient (Wildman–Crippen LogP) is 3.40. The molecule has 0 aliphatic carbocycles. The molecule has 4 rings (SSSR count). The number of aliphatic hydroxyl groups is 1. The summed E-state index contributed by atoms with van der Waals surface area (Å²) in [5.74, 6) is -0.0337. The molecule has 1 aliphatic heterocycles. The Balaban J connectivity index is 1.50. The van der Waals surface area contributed by atoms with Gasteiger partial charge in [0.25, 0.3) is 0 Å². The summed E-state index contributed by atoms with van der Waals surface area (Å²) in [7, 11) is 0. The Morgan fingerprint density at radius 2 is 1.61 bits per heavy atom. The molecule has 1 aromatic heterocycles. The van der Waals surface area contributed by atoms with E-state index in [1.165, 1.54) is 11.1 Å². The molecule has 31 heavy (non-hydrogen) atoms. The Kier molecular flexibility index (Phi) is 6.73. The number of hydrogen-bond donors (Lipinski definition) is 2. The van der Waals surface area contributed by atoms with Crippen LogP contribution in [0.3, 0.4) is 0 Å². The van der Waals surface area contributed by atoms with Crippen LogP contribution in [0.25, 0.3) is 0 Å². The summed E-state index contributed by atoms with van der Waals surface area (Å²) in [5.41, 5.74) is 1.87. The normalized spacial score (nSPS) is 16.3. The third-order valence-corrected chi connectivity index (χ3v) is 5.89. The van der Waals surface area contributed by atoms with Crippen LogP contribution in [0.15, 0.2) is 69.9 Å². The van der Waals surface area contributed by atoms with Gasteiger partial charge in [0.2, 0.25) is 11.2 Å². The van der Waals surface area contributed by atoms with Gasteiger partial charge in [-0.15, -0.1) is 0 Å². The Hall–Kier alpha value is -2.64. The fraction of sp³-hybridized carbons (Fsp3) is 0.292. The quantitative estimate of drug-likeness (QED) is 0.611. The number of piperazine rings is 1. The molecule has 0 radical (unpaired) electrons. The summed E-state index contributed by atoms with van der Waals surface area (Å²) in [5, 5.41) is 20.1. The van der Waals surface area contributed by atoms with Gasteiger partial charge in [0.1, 0.15) is 12.4 Å². The average Bonchev–Trinajstić information content (AvgIpc) is 2.80. The standard InChI is InChI=1S/C24H25ClN2O4/c25-19-8-6-18(7-9-19)23(17-4-2-1-3-5-17)27-12-10-26(11-13-27)15-22-24(30)21(29)14-20(16-28)31-22/h1-9,14,23,28,30H,10-13,15-16H2/t23-/m1/s1. The first kappa shape index (κ1) is 21.6. The average molecular weight is 441 g/mol. The Bertz CT molecular complexity index is 1060. The second-order valence-electron chi connectivity index (χ2n) is 7.68. The minimum Gasteiger partial charge on any atom is -0.502 e. The van der Waals surface area contributed by atoms with Crippen molar-refractivity contribution >= 4 is 11.6 Å². The summed E-state index contributed by atoms with van der Waals surface area (Å²) in [6.07, 6.45) is 0. The summed E-state index contributed by atoms with van der Waals surface area (Å²) in [4.78, 5) is 16.4. The highest BCUT2D eigenvalue weighted by molar-refractivity contribution is 6.30. The Labute approximate surface area is 185 Å². The summed E-state index contributed by atoms with van der Waals surface area (Å²) < 4.78 is 5.50. The van der Waals surface area contributed by atoms with Crippen LogP contribution in [0.5, 0.6) is 5.75 Å². The lowest BCUT2D eigenvalue weighted by Crippen LogP contribution is -2.47. The lowest BCUT2D eigenvalue weighted by molar-refractivity contribution is 0.0967. The molecular weight excluding hydrogens is 416 g/mol. The number of rotatable bonds is 6. The molecule has 0 bridgehead atoms. The number of benzene rings is 2. The van der Waals surface area contributed by atoms with Crippen LogP contribution in [0.2, 0.25) is 5.02 Å². The maximum atomic E-state index is 11.9. The smallest absolute Gasteiger partial charge is 0.227 e.